The normalized spacial score (nSPS) is 10.0. The van der Waals surface area contributed by atoms with Crippen LogP contribution < -0.4 is 10.6 Å². The predicted molar refractivity (Wildman–Crippen MR) is 71.3 cm³/mol. The van der Waals surface area contributed by atoms with E-state index in [0.717, 1.165) is 0 Å². The van der Waals surface area contributed by atoms with Crippen LogP contribution in [0.3, 0.4) is 0 Å². The summed E-state index contributed by atoms with van der Waals surface area (Å²) in [5.41, 5.74) is 0.439. The average molecular weight is 267 g/mol. The fourth-order valence-electron chi connectivity index (χ4n) is 1.54. The summed E-state index contributed by atoms with van der Waals surface area (Å²) in [6.45, 7) is 2.68. The fourth-order valence-corrected chi connectivity index (χ4v) is 1.54. The maximum absolute atomic E-state index is 11.6. The maximum atomic E-state index is 11.6. The van der Waals surface area contributed by atoms with Crippen LogP contribution >= 0.6 is 0 Å². The van der Waals surface area contributed by atoms with Gasteiger partial charge in [0.1, 0.15) is 5.69 Å². The summed E-state index contributed by atoms with van der Waals surface area (Å²) >= 11 is 0. The lowest BCUT2D eigenvalue weighted by atomic mass is 10.1. The van der Waals surface area contributed by atoms with Crippen molar-refractivity contribution in [3.8, 4) is 0 Å². The zero-order chi connectivity index (χ0) is 14.3. The van der Waals surface area contributed by atoms with E-state index in [9.17, 15) is 14.9 Å². The SMILES string of the molecule is CCNC(=O)c1ccc(NCCCO)c([N+](=O)[O-])c1. The van der Waals surface area contributed by atoms with Crippen molar-refractivity contribution >= 4 is 17.3 Å². The number of hydrogen-bond acceptors (Lipinski definition) is 5. The van der Waals surface area contributed by atoms with E-state index in [1.54, 1.807) is 6.92 Å². The van der Waals surface area contributed by atoms with E-state index >= 15 is 0 Å². The van der Waals surface area contributed by atoms with Gasteiger partial charge in [-0.2, -0.15) is 0 Å². The zero-order valence-corrected chi connectivity index (χ0v) is 10.7. The molecule has 0 saturated heterocycles. The summed E-state index contributed by atoms with van der Waals surface area (Å²) in [4.78, 5) is 22.0. The average Bonchev–Trinajstić information content (AvgIpc) is 2.39. The van der Waals surface area contributed by atoms with E-state index in [-0.39, 0.29) is 23.8 Å². The van der Waals surface area contributed by atoms with Gasteiger partial charge in [-0.05, 0) is 25.5 Å². The largest absolute Gasteiger partial charge is 0.396 e. The molecule has 1 rings (SSSR count). The highest BCUT2D eigenvalue weighted by atomic mass is 16.6. The van der Waals surface area contributed by atoms with Crippen LogP contribution in [0.5, 0.6) is 0 Å². The van der Waals surface area contributed by atoms with Gasteiger partial charge in [-0.3, -0.25) is 14.9 Å². The molecule has 0 atom stereocenters. The van der Waals surface area contributed by atoms with Crippen LogP contribution in [0.2, 0.25) is 0 Å². The summed E-state index contributed by atoms with van der Waals surface area (Å²) in [6.07, 6.45) is 0.495. The highest BCUT2D eigenvalue weighted by molar-refractivity contribution is 5.95. The van der Waals surface area contributed by atoms with E-state index in [2.05, 4.69) is 10.6 Å². The van der Waals surface area contributed by atoms with Crippen LogP contribution in [0.4, 0.5) is 11.4 Å². The molecule has 1 aromatic carbocycles. The molecule has 0 aromatic heterocycles. The summed E-state index contributed by atoms with van der Waals surface area (Å²) < 4.78 is 0. The standard InChI is InChI=1S/C12H17N3O4/c1-2-13-12(17)9-4-5-10(14-6-3-7-16)11(8-9)15(18)19/h4-5,8,14,16H,2-3,6-7H2,1H3,(H,13,17). The lowest BCUT2D eigenvalue weighted by Crippen LogP contribution is -2.22. The lowest BCUT2D eigenvalue weighted by Gasteiger charge is -2.08. The predicted octanol–water partition coefficient (Wildman–Crippen LogP) is 1.14. The lowest BCUT2D eigenvalue weighted by molar-refractivity contribution is -0.384. The molecule has 0 unspecified atom stereocenters. The Labute approximate surface area is 110 Å². The van der Waals surface area contributed by atoms with Gasteiger partial charge in [-0.1, -0.05) is 0 Å². The molecule has 0 saturated carbocycles. The van der Waals surface area contributed by atoms with Gasteiger partial charge in [0.15, 0.2) is 0 Å². The molecule has 1 amide bonds. The number of aliphatic hydroxyl groups excluding tert-OH is 1. The molecular formula is C12H17N3O4. The van der Waals surface area contributed by atoms with E-state index in [1.165, 1.54) is 18.2 Å². The summed E-state index contributed by atoms with van der Waals surface area (Å²) in [5, 5.41) is 25.1. The first kappa shape index (κ1) is 14.9. The first-order valence-corrected chi connectivity index (χ1v) is 6.01. The van der Waals surface area contributed by atoms with Crippen molar-refractivity contribution in [2.24, 2.45) is 0 Å². The molecular weight excluding hydrogens is 250 g/mol. The number of nitrogens with one attached hydrogen (secondary N) is 2. The van der Waals surface area contributed by atoms with E-state index in [4.69, 9.17) is 5.11 Å². The van der Waals surface area contributed by atoms with Crippen molar-refractivity contribution in [3.05, 3.63) is 33.9 Å². The van der Waals surface area contributed by atoms with Gasteiger partial charge in [-0.25, -0.2) is 0 Å². The van der Waals surface area contributed by atoms with Crippen molar-refractivity contribution in [2.45, 2.75) is 13.3 Å². The number of hydrogen-bond donors (Lipinski definition) is 3. The van der Waals surface area contributed by atoms with Gasteiger partial charge in [0, 0.05) is 31.3 Å². The van der Waals surface area contributed by atoms with Gasteiger partial charge in [0.05, 0.1) is 4.92 Å². The van der Waals surface area contributed by atoms with Crippen LogP contribution in [-0.4, -0.2) is 35.6 Å². The molecule has 0 aliphatic rings. The molecule has 19 heavy (non-hydrogen) atoms. The van der Waals surface area contributed by atoms with Crippen molar-refractivity contribution < 1.29 is 14.8 Å². The van der Waals surface area contributed by atoms with Crippen molar-refractivity contribution in [1.82, 2.24) is 5.32 Å². The van der Waals surface area contributed by atoms with Crippen molar-refractivity contribution in [2.75, 3.05) is 25.0 Å². The number of anilines is 1. The summed E-state index contributed by atoms with van der Waals surface area (Å²) in [5.74, 6) is -0.340. The van der Waals surface area contributed by atoms with Gasteiger partial charge in [0.2, 0.25) is 0 Å². The van der Waals surface area contributed by atoms with Crippen LogP contribution in [0.1, 0.15) is 23.7 Å². The zero-order valence-electron chi connectivity index (χ0n) is 10.7. The van der Waals surface area contributed by atoms with Crippen LogP contribution in [0, 0.1) is 10.1 Å². The quantitative estimate of drug-likeness (QED) is 0.390. The molecule has 0 aliphatic carbocycles. The second-order valence-corrected chi connectivity index (χ2v) is 3.85. The first-order chi connectivity index (χ1) is 9.10. The highest BCUT2D eigenvalue weighted by Gasteiger charge is 2.16. The molecule has 0 spiro atoms. The second-order valence-electron chi connectivity index (χ2n) is 3.85. The number of benzene rings is 1. The number of carbonyl (C=O) groups excluding carboxylic acids is 1. The maximum Gasteiger partial charge on any atom is 0.293 e. The second kappa shape index (κ2) is 7.32. The molecule has 0 aliphatic heterocycles. The van der Waals surface area contributed by atoms with Crippen LogP contribution in [-0.2, 0) is 0 Å². The molecule has 7 nitrogen and oxygen atoms in total. The van der Waals surface area contributed by atoms with Gasteiger partial charge in [-0.15, -0.1) is 0 Å². The third kappa shape index (κ3) is 4.22. The number of nitro benzene ring substituents is 1. The monoisotopic (exact) mass is 267 g/mol. The third-order valence-corrected chi connectivity index (χ3v) is 2.44. The molecule has 0 radical (unpaired) electrons. The first-order valence-electron chi connectivity index (χ1n) is 6.01. The van der Waals surface area contributed by atoms with Gasteiger partial charge < -0.3 is 15.7 Å². The molecule has 0 heterocycles. The Morgan fingerprint density at radius 1 is 1.47 bits per heavy atom. The van der Waals surface area contributed by atoms with E-state index in [1.807, 2.05) is 0 Å². The third-order valence-electron chi connectivity index (χ3n) is 2.44. The Hall–Kier alpha value is -2.15. The molecule has 3 N–H and O–H groups in total. The number of amides is 1. The summed E-state index contributed by atoms with van der Waals surface area (Å²) in [6, 6.07) is 4.27. The van der Waals surface area contributed by atoms with Crippen LogP contribution in [0.15, 0.2) is 18.2 Å². The molecule has 1 aromatic rings. The number of aliphatic hydroxyl groups is 1. The fraction of sp³-hybridized carbons (Fsp3) is 0.417. The molecule has 0 fully saturated rings. The van der Waals surface area contributed by atoms with E-state index in [0.29, 0.717) is 25.2 Å². The highest BCUT2D eigenvalue weighted by Crippen LogP contribution is 2.25. The smallest absolute Gasteiger partial charge is 0.293 e. The Bertz CT molecular complexity index is 462. The van der Waals surface area contributed by atoms with Gasteiger partial charge in [0.25, 0.3) is 11.6 Å². The van der Waals surface area contributed by atoms with Crippen molar-refractivity contribution in [1.29, 1.82) is 0 Å². The topological polar surface area (TPSA) is 104 Å². The number of nitro groups is 1. The van der Waals surface area contributed by atoms with Crippen molar-refractivity contribution in [3.63, 3.8) is 0 Å². The number of nitrogens with zero attached hydrogens (tertiary/aromatic N) is 1. The Morgan fingerprint density at radius 3 is 2.79 bits per heavy atom. The minimum absolute atomic E-state index is 0.0117. The minimum atomic E-state index is -0.538. The molecule has 7 heteroatoms. The Kier molecular flexibility index (Phi) is 5.74. The Morgan fingerprint density at radius 2 is 2.21 bits per heavy atom. The Balaban J connectivity index is 2.94. The van der Waals surface area contributed by atoms with Crippen LogP contribution in [0.25, 0.3) is 0 Å². The summed E-state index contributed by atoms with van der Waals surface area (Å²) in [7, 11) is 0. The molecule has 104 valence electrons. The number of rotatable bonds is 7. The van der Waals surface area contributed by atoms with Gasteiger partial charge >= 0.3 is 0 Å². The van der Waals surface area contributed by atoms with E-state index < -0.39 is 4.92 Å². The number of carbonyl (C=O) groups is 1. The molecule has 0 bridgehead atoms. The minimum Gasteiger partial charge on any atom is -0.396 e.